The zero-order valence-corrected chi connectivity index (χ0v) is 12.4. The van der Waals surface area contributed by atoms with Crippen molar-refractivity contribution in [3.8, 4) is 0 Å². The lowest BCUT2D eigenvalue weighted by atomic mass is 10.0. The third-order valence-corrected chi connectivity index (χ3v) is 3.59. The molecule has 0 aliphatic rings. The van der Waals surface area contributed by atoms with E-state index in [4.69, 9.17) is 23.2 Å². The molecule has 0 aliphatic carbocycles. The monoisotopic (exact) mass is 315 g/mol. The topological polar surface area (TPSA) is 29.1 Å². The van der Waals surface area contributed by atoms with Crippen LogP contribution >= 0.6 is 23.2 Å². The molecule has 2 nitrogen and oxygen atoms in total. The third-order valence-electron chi connectivity index (χ3n) is 3.15. The van der Waals surface area contributed by atoms with Gasteiger partial charge in [-0.05, 0) is 35.0 Å². The van der Waals surface area contributed by atoms with Crippen LogP contribution in [0.5, 0.6) is 0 Å². The van der Waals surface area contributed by atoms with Crippen molar-refractivity contribution in [3.05, 3.63) is 76.3 Å². The molecule has 0 aliphatic heterocycles. The number of amides is 1. The van der Waals surface area contributed by atoms with Gasteiger partial charge in [0.05, 0.1) is 0 Å². The number of fused-ring (bicyclic) bond motifs is 1. The lowest BCUT2D eigenvalue weighted by Gasteiger charge is -2.09. The standard InChI is InChI=1S/C17H11Cl2NO/c18-12-8-13(19)10-14(9-12)20-17(21)16-7-3-5-11-4-1-2-6-15(11)16/h1-10H,(H,20,21). The molecule has 0 radical (unpaired) electrons. The van der Waals surface area contributed by atoms with Crippen molar-refractivity contribution in [3.63, 3.8) is 0 Å². The summed E-state index contributed by atoms with van der Waals surface area (Å²) < 4.78 is 0. The van der Waals surface area contributed by atoms with Crippen LogP contribution in [0.25, 0.3) is 10.8 Å². The van der Waals surface area contributed by atoms with Gasteiger partial charge >= 0.3 is 0 Å². The van der Waals surface area contributed by atoms with E-state index in [-0.39, 0.29) is 5.91 Å². The predicted molar refractivity (Wildman–Crippen MR) is 88.4 cm³/mol. The molecule has 0 saturated carbocycles. The van der Waals surface area contributed by atoms with E-state index in [2.05, 4.69) is 5.32 Å². The fourth-order valence-corrected chi connectivity index (χ4v) is 2.77. The molecule has 21 heavy (non-hydrogen) atoms. The van der Waals surface area contributed by atoms with Crippen molar-refractivity contribution >= 4 is 45.6 Å². The SMILES string of the molecule is O=C(Nc1cc(Cl)cc(Cl)c1)c1cccc2ccccc12. The highest BCUT2D eigenvalue weighted by Crippen LogP contribution is 2.24. The number of hydrogen-bond donors (Lipinski definition) is 1. The Labute approximate surface area is 132 Å². The number of halogens is 2. The average molecular weight is 316 g/mol. The van der Waals surface area contributed by atoms with E-state index >= 15 is 0 Å². The van der Waals surface area contributed by atoms with Gasteiger partial charge in [-0.15, -0.1) is 0 Å². The fourth-order valence-electron chi connectivity index (χ4n) is 2.25. The maximum atomic E-state index is 12.5. The number of carbonyl (C=O) groups is 1. The highest BCUT2D eigenvalue weighted by atomic mass is 35.5. The van der Waals surface area contributed by atoms with E-state index in [1.807, 2.05) is 36.4 Å². The second-order valence-corrected chi connectivity index (χ2v) is 5.51. The van der Waals surface area contributed by atoms with Crippen molar-refractivity contribution in [2.24, 2.45) is 0 Å². The summed E-state index contributed by atoms with van der Waals surface area (Å²) in [7, 11) is 0. The Kier molecular flexibility index (Phi) is 3.82. The second kappa shape index (κ2) is 5.76. The van der Waals surface area contributed by atoms with Gasteiger partial charge in [0.25, 0.3) is 5.91 Å². The Balaban J connectivity index is 1.97. The largest absolute Gasteiger partial charge is 0.322 e. The lowest BCUT2D eigenvalue weighted by Crippen LogP contribution is -2.12. The molecule has 0 aromatic heterocycles. The molecule has 0 fully saturated rings. The Hall–Kier alpha value is -2.03. The summed E-state index contributed by atoms with van der Waals surface area (Å²) in [6.45, 7) is 0. The smallest absolute Gasteiger partial charge is 0.256 e. The van der Waals surface area contributed by atoms with Gasteiger partial charge in [0.2, 0.25) is 0 Å². The molecule has 0 spiro atoms. The summed E-state index contributed by atoms with van der Waals surface area (Å²) in [4.78, 5) is 12.5. The lowest BCUT2D eigenvalue weighted by molar-refractivity contribution is 0.102. The van der Waals surface area contributed by atoms with Crippen molar-refractivity contribution in [2.75, 3.05) is 5.32 Å². The first-order valence-electron chi connectivity index (χ1n) is 6.39. The minimum absolute atomic E-state index is 0.190. The summed E-state index contributed by atoms with van der Waals surface area (Å²) in [6.07, 6.45) is 0. The molecule has 4 heteroatoms. The van der Waals surface area contributed by atoms with Crippen LogP contribution in [-0.2, 0) is 0 Å². The van der Waals surface area contributed by atoms with Crippen LogP contribution in [0.4, 0.5) is 5.69 Å². The van der Waals surface area contributed by atoms with Crippen molar-refractivity contribution in [2.45, 2.75) is 0 Å². The first kappa shape index (κ1) is 13.9. The summed E-state index contributed by atoms with van der Waals surface area (Å²) in [5.74, 6) is -0.190. The fraction of sp³-hybridized carbons (Fsp3) is 0. The quantitative estimate of drug-likeness (QED) is 0.674. The van der Waals surface area contributed by atoms with Crippen LogP contribution in [0.3, 0.4) is 0 Å². The highest BCUT2D eigenvalue weighted by molar-refractivity contribution is 6.35. The zero-order valence-electron chi connectivity index (χ0n) is 10.9. The third kappa shape index (κ3) is 3.02. The van der Waals surface area contributed by atoms with Crippen LogP contribution in [0.15, 0.2) is 60.7 Å². The van der Waals surface area contributed by atoms with E-state index in [9.17, 15) is 4.79 Å². The molecule has 0 heterocycles. The van der Waals surface area contributed by atoms with Gasteiger partial charge in [-0.2, -0.15) is 0 Å². The van der Waals surface area contributed by atoms with E-state index in [1.54, 1.807) is 24.3 Å². The zero-order chi connectivity index (χ0) is 14.8. The van der Waals surface area contributed by atoms with Gasteiger partial charge in [-0.1, -0.05) is 59.6 Å². The molecule has 3 aromatic rings. The van der Waals surface area contributed by atoms with Crippen LogP contribution < -0.4 is 5.32 Å². The molecule has 3 rings (SSSR count). The molecule has 1 N–H and O–H groups in total. The van der Waals surface area contributed by atoms with Crippen molar-refractivity contribution in [1.82, 2.24) is 0 Å². The minimum Gasteiger partial charge on any atom is -0.322 e. The van der Waals surface area contributed by atoms with Crippen LogP contribution in [0.2, 0.25) is 10.0 Å². The Morgan fingerprint density at radius 2 is 1.52 bits per heavy atom. The van der Waals surface area contributed by atoms with Crippen LogP contribution in [0, 0.1) is 0 Å². The Morgan fingerprint density at radius 3 is 2.29 bits per heavy atom. The van der Waals surface area contributed by atoms with E-state index < -0.39 is 0 Å². The maximum Gasteiger partial charge on any atom is 0.256 e. The van der Waals surface area contributed by atoms with E-state index in [1.165, 1.54) is 0 Å². The minimum atomic E-state index is -0.190. The van der Waals surface area contributed by atoms with Gasteiger partial charge in [0, 0.05) is 21.3 Å². The van der Waals surface area contributed by atoms with Crippen molar-refractivity contribution in [1.29, 1.82) is 0 Å². The summed E-state index contributed by atoms with van der Waals surface area (Å²) in [6, 6.07) is 18.3. The Bertz CT molecular complexity index is 804. The number of hydrogen-bond acceptors (Lipinski definition) is 1. The van der Waals surface area contributed by atoms with Gasteiger partial charge in [0.1, 0.15) is 0 Å². The number of carbonyl (C=O) groups excluding carboxylic acids is 1. The van der Waals surface area contributed by atoms with Gasteiger partial charge in [0.15, 0.2) is 0 Å². The number of rotatable bonds is 2. The molecular formula is C17H11Cl2NO. The molecule has 0 saturated heterocycles. The molecule has 3 aromatic carbocycles. The first-order chi connectivity index (χ1) is 10.1. The van der Waals surface area contributed by atoms with E-state index in [0.717, 1.165) is 10.8 Å². The number of anilines is 1. The van der Waals surface area contributed by atoms with Crippen molar-refractivity contribution < 1.29 is 4.79 Å². The van der Waals surface area contributed by atoms with E-state index in [0.29, 0.717) is 21.3 Å². The van der Waals surface area contributed by atoms with Gasteiger partial charge in [-0.3, -0.25) is 4.79 Å². The number of benzene rings is 3. The molecule has 0 atom stereocenters. The normalized spacial score (nSPS) is 10.6. The summed E-state index contributed by atoms with van der Waals surface area (Å²) in [5.41, 5.74) is 1.19. The molecule has 0 unspecified atom stereocenters. The Morgan fingerprint density at radius 1 is 0.857 bits per heavy atom. The first-order valence-corrected chi connectivity index (χ1v) is 7.14. The molecule has 104 valence electrons. The predicted octanol–water partition coefficient (Wildman–Crippen LogP) is 5.40. The molecular weight excluding hydrogens is 305 g/mol. The van der Waals surface area contributed by atoms with Gasteiger partial charge in [-0.25, -0.2) is 0 Å². The van der Waals surface area contributed by atoms with Crippen LogP contribution in [0.1, 0.15) is 10.4 Å². The van der Waals surface area contributed by atoms with Crippen LogP contribution in [-0.4, -0.2) is 5.91 Å². The summed E-state index contributed by atoms with van der Waals surface area (Å²) >= 11 is 11.9. The highest BCUT2D eigenvalue weighted by Gasteiger charge is 2.10. The number of nitrogens with one attached hydrogen (secondary N) is 1. The molecule has 0 bridgehead atoms. The van der Waals surface area contributed by atoms with Gasteiger partial charge < -0.3 is 5.32 Å². The maximum absolute atomic E-state index is 12.5. The average Bonchev–Trinajstić information content (AvgIpc) is 2.45. The molecule has 1 amide bonds. The summed E-state index contributed by atoms with van der Waals surface area (Å²) in [5, 5.41) is 5.72. The second-order valence-electron chi connectivity index (χ2n) is 4.64.